The first-order valence-electron chi connectivity index (χ1n) is 7.62. The van der Waals surface area contributed by atoms with Crippen molar-refractivity contribution in [3.05, 3.63) is 54.1 Å². The molecule has 0 aliphatic heterocycles. The highest BCUT2D eigenvalue weighted by molar-refractivity contribution is 5.98. The number of fused-ring (bicyclic) bond motifs is 1. The van der Waals surface area contributed by atoms with Crippen LogP contribution in [-0.2, 0) is 11.3 Å². The van der Waals surface area contributed by atoms with Gasteiger partial charge in [-0.25, -0.2) is 0 Å². The van der Waals surface area contributed by atoms with Gasteiger partial charge < -0.3 is 15.2 Å². The monoisotopic (exact) mass is 325 g/mol. The summed E-state index contributed by atoms with van der Waals surface area (Å²) in [7, 11) is 1.57. The molecule has 0 radical (unpaired) electrons. The lowest BCUT2D eigenvalue weighted by Gasteiger charge is -2.12. The number of nitrogen functional groups attached to an aromatic ring is 1. The number of rotatable bonds is 5. The van der Waals surface area contributed by atoms with E-state index in [1.54, 1.807) is 32.2 Å². The number of hydrogen-bond acceptors (Lipinski definition) is 5. The van der Waals surface area contributed by atoms with Crippen LogP contribution in [0.5, 0.6) is 5.75 Å². The van der Waals surface area contributed by atoms with Gasteiger partial charge in [-0.15, -0.1) is 5.10 Å². The van der Waals surface area contributed by atoms with Crippen molar-refractivity contribution in [2.24, 2.45) is 0 Å². The van der Waals surface area contributed by atoms with Gasteiger partial charge in [0.25, 0.3) is 5.91 Å². The summed E-state index contributed by atoms with van der Waals surface area (Å²) in [6, 6.07) is 15.0. The summed E-state index contributed by atoms with van der Waals surface area (Å²) in [5.41, 5.74) is 7.51. The molecule has 24 heavy (non-hydrogen) atoms. The zero-order valence-corrected chi connectivity index (χ0v) is 13.6. The number of hydrogen-bond donors (Lipinski definition) is 1. The maximum atomic E-state index is 12.7. The third kappa shape index (κ3) is 3.09. The minimum atomic E-state index is -0.654. The van der Waals surface area contributed by atoms with Crippen molar-refractivity contribution < 1.29 is 14.3 Å². The summed E-state index contributed by atoms with van der Waals surface area (Å²) >= 11 is 0. The lowest BCUT2D eigenvalue weighted by Crippen LogP contribution is -2.27. The summed E-state index contributed by atoms with van der Waals surface area (Å²) in [5.74, 6) is 0.659. The predicted octanol–water partition coefficient (Wildman–Crippen LogP) is 2.87. The lowest BCUT2D eigenvalue weighted by molar-refractivity contribution is 0.0327. The maximum Gasteiger partial charge on any atom is 0.276 e. The zero-order valence-electron chi connectivity index (χ0n) is 13.6. The SMILES string of the molecule is COc1ccc2c(N)nn(C(=O)C(C)OCc3ccccc3)c2c1. The summed E-state index contributed by atoms with van der Waals surface area (Å²) in [6.45, 7) is 2.06. The van der Waals surface area contributed by atoms with Gasteiger partial charge in [-0.3, -0.25) is 4.79 Å². The second-order valence-electron chi connectivity index (χ2n) is 5.46. The summed E-state index contributed by atoms with van der Waals surface area (Å²) < 4.78 is 12.2. The normalized spacial score (nSPS) is 12.2. The molecule has 0 bridgehead atoms. The topological polar surface area (TPSA) is 79.4 Å². The molecule has 3 rings (SSSR count). The van der Waals surface area contributed by atoms with Crippen LogP contribution in [0.4, 0.5) is 5.82 Å². The molecule has 6 heteroatoms. The molecule has 0 amide bonds. The number of methoxy groups -OCH3 is 1. The van der Waals surface area contributed by atoms with Gasteiger partial charge in [0.15, 0.2) is 5.82 Å². The third-order valence-corrected chi connectivity index (χ3v) is 3.82. The molecule has 2 N–H and O–H groups in total. The van der Waals surface area contributed by atoms with E-state index >= 15 is 0 Å². The highest BCUT2D eigenvalue weighted by Crippen LogP contribution is 2.25. The minimum Gasteiger partial charge on any atom is -0.497 e. The van der Waals surface area contributed by atoms with E-state index in [1.165, 1.54) is 4.68 Å². The third-order valence-electron chi connectivity index (χ3n) is 3.82. The second-order valence-corrected chi connectivity index (χ2v) is 5.46. The van der Waals surface area contributed by atoms with Gasteiger partial charge in [0.1, 0.15) is 11.9 Å². The highest BCUT2D eigenvalue weighted by atomic mass is 16.5. The Labute approximate surface area is 139 Å². The molecule has 6 nitrogen and oxygen atoms in total. The van der Waals surface area contributed by atoms with Crippen LogP contribution in [0.25, 0.3) is 10.9 Å². The molecule has 0 saturated heterocycles. The van der Waals surface area contributed by atoms with Crippen molar-refractivity contribution in [1.29, 1.82) is 0 Å². The second kappa shape index (κ2) is 6.72. The van der Waals surface area contributed by atoms with E-state index in [0.29, 0.717) is 29.1 Å². The fourth-order valence-corrected chi connectivity index (χ4v) is 2.45. The number of nitrogens with two attached hydrogens (primary N) is 1. The molecule has 1 atom stereocenters. The number of carbonyl (C=O) groups is 1. The van der Waals surface area contributed by atoms with Gasteiger partial charge in [-0.05, 0) is 24.6 Å². The highest BCUT2D eigenvalue weighted by Gasteiger charge is 2.21. The molecule has 1 aromatic heterocycles. The van der Waals surface area contributed by atoms with Crippen LogP contribution < -0.4 is 10.5 Å². The number of carbonyl (C=O) groups excluding carboxylic acids is 1. The van der Waals surface area contributed by atoms with Crippen LogP contribution >= 0.6 is 0 Å². The van der Waals surface area contributed by atoms with E-state index in [4.69, 9.17) is 15.2 Å². The Morgan fingerprint density at radius 3 is 2.71 bits per heavy atom. The van der Waals surface area contributed by atoms with E-state index in [0.717, 1.165) is 5.56 Å². The van der Waals surface area contributed by atoms with E-state index in [1.807, 2.05) is 30.3 Å². The van der Waals surface area contributed by atoms with Crippen LogP contribution in [0.2, 0.25) is 0 Å². The molecular weight excluding hydrogens is 306 g/mol. The average Bonchev–Trinajstić information content (AvgIpc) is 2.96. The Bertz CT molecular complexity index is 859. The van der Waals surface area contributed by atoms with Crippen LogP contribution in [0.15, 0.2) is 48.5 Å². The zero-order chi connectivity index (χ0) is 17.1. The largest absolute Gasteiger partial charge is 0.497 e. The Morgan fingerprint density at radius 1 is 1.25 bits per heavy atom. The minimum absolute atomic E-state index is 0.277. The van der Waals surface area contributed by atoms with Crippen LogP contribution in [0, 0.1) is 0 Å². The van der Waals surface area contributed by atoms with Gasteiger partial charge in [-0.1, -0.05) is 30.3 Å². The molecule has 0 spiro atoms. The molecule has 1 unspecified atom stereocenters. The van der Waals surface area contributed by atoms with Gasteiger partial charge in [0, 0.05) is 11.5 Å². The fourth-order valence-electron chi connectivity index (χ4n) is 2.45. The summed E-state index contributed by atoms with van der Waals surface area (Å²) in [4.78, 5) is 12.7. The molecule has 124 valence electrons. The van der Waals surface area contributed by atoms with Gasteiger partial charge in [-0.2, -0.15) is 4.68 Å². The number of ether oxygens (including phenoxy) is 2. The molecular formula is C18H19N3O3. The fraction of sp³-hybridized carbons (Fsp3) is 0.222. The van der Waals surface area contributed by atoms with Crippen LogP contribution in [0.1, 0.15) is 17.3 Å². The van der Waals surface area contributed by atoms with Crippen molar-refractivity contribution in [3.8, 4) is 5.75 Å². The van der Waals surface area contributed by atoms with Gasteiger partial charge in [0.05, 0.1) is 19.2 Å². The average molecular weight is 325 g/mol. The van der Waals surface area contributed by atoms with Crippen molar-refractivity contribution in [3.63, 3.8) is 0 Å². The Kier molecular flexibility index (Phi) is 4.48. The van der Waals surface area contributed by atoms with E-state index in [2.05, 4.69) is 5.10 Å². The van der Waals surface area contributed by atoms with E-state index in [-0.39, 0.29) is 5.91 Å². The predicted molar refractivity (Wildman–Crippen MR) is 92.0 cm³/mol. The van der Waals surface area contributed by atoms with Crippen molar-refractivity contribution in [2.45, 2.75) is 19.6 Å². The van der Waals surface area contributed by atoms with Crippen molar-refractivity contribution >= 4 is 22.6 Å². The van der Waals surface area contributed by atoms with Gasteiger partial charge in [0.2, 0.25) is 0 Å². The number of aromatic nitrogens is 2. The standard InChI is InChI=1S/C18H19N3O3/c1-12(24-11-13-6-4-3-5-7-13)18(22)21-16-10-14(23-2)8-9-15(16)17(19)20-21/h3-10,12H,11H2,1-2H3,(H2,19,20). The maximum absolute atomic E-state index is 12.7. The van der Waals surface area contributed by atoms with E-state index < -0.39 is 6.10 Å². The van der Waals surface area contributed by atoms with Gasteiger partial charge >= 0.3 is 0 Å². The molecule has 0 aliphatic rings. The summed E-state index contributed by atoms with van der Waals surface area (Å²) in [5, 5.41) is 4.86. The quantitative estimate of drug-likeness (QED) is 0.780. The number of nitrogens with zero attached hydrogens (tertiary/aromatic N) is 2. The first-order chi connectivity index (χ1) is 11.6. The lowest BCUT2D eigenvalue weighted by atomic mass is 10.2. The number of benzene rings is 2. The molecule has 1 heterocycles. The molecule has 2 aromatic carbocycles. The molecule has 0 fully saturated rings. The Balaban J connectivity index is 1.82. The molecule has 0 aliphatic carbocycles. The molecule has 3 aromatic rings. The summed E-state index contributed by atoms with van der Waals surface area (Å²) in [6.07, 6.45) is -0.654. The van der Waals surface area contributed by atoms with Crippen LogP contribution in [0.3, 0.4) is 0 Å². The van der Waals surface area contributed by atoms with Crippen LogP contribution in [-0.4, -0.2) is 28.9 Å². The smallest absolute Gasteiger partial charge is 0.276 e. The number of anilines is 1. The Hall–Kier alpha value is -2.86. The Morgan fingerprint density at radius 2 is 2.00 bits per heavy atom. The molecule has 0 saturated carbocycles. The van der Waals surface area contributed by atoms with E-state index in [9.17, 15) is 4.79 Å². The van der Waals surface area contributed by atoms with Crippen molar-refractivity contribution in [1.82, 2.24) is 9.78 Å². The van der Waals surface area contributed by atoms with Crippen molar-refractivity contribution in [2.75, 3.05) is 12.8 Å². The first kappa shape index (κ1) is 16.0. The first-order valence-corrected chi connectivity index (χ1v) is 7.62.